The normalized spacial score (nSPS) is 17.5. The highest BCUT2D eigenvalue weighted by atomic mass is 35.5. The summed E-state index contributed by atoms with van der Waals surface area (Å²) in [6, 6.07) is 3.19. The first-order valence-corrected chi connectivity index (χ1v) is 9.18. The lowest BCUT2D eigenvalue weighted by Crippen LogP contribution is -2.55. The second-order valence-electron chi connectivity index (χ2n) is 5.93. The molecule has 1 atom stereocenters. The van der Waals surface area contributed by atoms with Gasteiger partial charge in [0.05, 0.1) is 30.7 Å². The van der Waals surface area contributed by atoms with Gasteiger partial charge in [0.1, 0.15) is 0 Å². The summed E-state index contributed by atoms with van der Waals surface area (Å²) >= 11 is 6.37. The van der Waals surface area contributed by atoms with Gasteiger partial charge < -0.3 is 20.1 Å². The first-order valence-electron chi connectivity index (χ1n) is 8.80. The molecule has 1 aromatic carbocycles. The average molecular weight is 384 g/mol. The average Bonchev–Trinajstić information content (AvgIpc) is 2.61. The van der Waals surface area contributed by atoms with Gasteiger partial charge in [-0.1, -0.05) is 11.6 Å². The van der Waals surface area contributed by atoms with E-state index in [2.05, 4.69) is 10.6 Å². The zero-order valence-electron chi connectivity index (χ0n) is 15.4. The van der Waals surface area contributed by atoms with E-state index in [4.69, 9.17) is 21.1 Å². The van der Waals surface area contributed by atoms with Crippen molar-refractivity contribution >= 4 is 23.4 Å². The molecule has 1 heterocycles. The van der Waals surface area contributed by atoms with Gasteiger partial charge in [-0.2, -0.15) is 0 Å². The van der Waals surface area contributed by atoms with Crippen molar-refractivity contribution < 1.29 is 19.1 Å². The highest BCUT2D eigenvalue weighted by Crippen LogP contribution is 2.37. The van der Waals surface area contributed by atoms with Gasteiger partial charge in [-0.3, -0.25) is 14.5 Å². The predicted octanol–water partition coefficient (Wildman–Crippen LogP) is 1.57. The van der Waals surface area contributed by atoms with Crippen LogP contribution in [0.3, 0.4) is 0 Å². The largest absolute Gasteiger partial charge is 0.490 e. The summed E-state index contributed by atoms with van der Waals surface area (Å²) in [6.45, 7) is 6.45. The lowest BCUT2D eigenvalue weighted by Gasteiger charge is -2.34. The van der Waals surface area contributed by atoms with Crippen LogP contribution in [0, 0.1) is 0 Å². The van der Waals surface area contributed by atoms with Crippen LogP contribution < -0.4 is 20.1 Å². The van der Waals surface area contributed by atoms with Crippen molar-refractivity contribution in [3.05, 3.63) is 22.7 Å². The topological polar surface area (TPSA) is 79.9 Å². The second kappa shape index (κ2) is 9.64. The first kappa shape index (κ1) is 20.3. The quantitative estimate of drug-likeness (QED) is 0.712. The van der Waals surface area contributed by atoms with Gasteiger partial charge in [0.15, 0.2) is 11.5 Å². The third-order valence-corrected chi connectivity index (χ3v) is 4.42. The Morgan fingerprint density at radius 2 is 2.08 bits per heavy atom. The molecule has 0 radical (unpaired) electrons. The lowest BCUT2D eigenvalue weighted by atomic mass is 10.1. The number of amides is 2. The van der Waals surface area contributed by atoms with Crippen LogP contribution >= 0.6 is 11.6 Å². The molecule has 2 N–H and O–H groups in total. The number of carbonyl (C=O) groups is 2. The van der Waals surface area contributed by atoms with E-state index in [0.29, 0.717) is 49.4 Å². The summed E-state index contributed by atoms with van der Waals surface area (Å²) in [4.78, 5) is 26.0. The van der Waals surface area contributed by atoms with E-state index in [1.807, 2.05) is 30.9 Å². The van der Waals surface area contributed by atoms with Gasteiger partial charge in [-0.05, 0) is 31.5 Å². The molecule has 0 aromatic heterocycles. The molecule has 8 heteroatoms. The fraction of sp³-hybridized carbons (Fsp3) is 0.556. The first-order chi connectivity index (χ1) is 12.5. The molecule has 1 aliphatic rings. The summed E-state index contributed by atoms with van der Waals surface area (Å²) in [5.74, 6) is 0.804. The number of nitrogens with zero attached hydrogens (tertiary/aromatic N) is 1. The number of nitrogens with one attached hydrogen (secondary N) is 2. The molecule has 26 heavy (non-hydrogen) atoms. The highest BCUT2D eigenvalue weighted by molar-refractivity contribution is 6.32. The van der Waals surface area contributed by atoms with Crippen molar-refractivity contribution in [1.82, 2.24) is 15.5 Å². The Balaban J connectivity index is 2.24. The van der Waals surface area contributed by atoms with Crippen LogP contribution in [0.2, 0.25) is 5.02 Å². The van der Waals surface area contributed by atoms with Gasteiger partial charge in [0, 0.05) is 26.7 Å². The number of benzene rings is 1. The monoisotopic (exact) mass is 383 g/mol. The minimum atomic E-state index is -0.510. The molecule has 0 bridgehead atoms. The van der Waals surface area contributed by atoms with Gasteiger partial charge in [-0.25, -0.2) is 0 Å². The summed E-state index contributed by atoms with van der Waals surface area (Å²) in [5.41, 5.74) is 0.901. The summed E-state index contributed by atoms with van der Waals surface area (Å²) in [5, 5.41) is 5.85. The van der Waals surface area contributed by atoms with Crippen LogP contribution in [-0.4, -0.2) is 56.1 Å². The van der Waals surface area contributed by atoms with E-state index in [1.54, 1.807) is 7.05 Å². The van der Waals surface area contributed by atoms with Crippen molar-refractivity contribution in [2.45, 2.75) is 32.9 Å². The van der Waals surface area contributed by atoms with Crippen LogP contribution in [0.25, 0.3) is 0 Å². The molecule has 1 unspecified atom stereocenters. The van der Waals surface area contributed by atoms with Gasteiger partial charge in [0.2, 0.25) is 11.8 Å². The van der Waals surface area contributed by atoms with Crippen LogP contribution in [-0.2, 0) is 16.1 Å². The van der Waals surface area contributed by atoms with Crippen LogP contribution in [0.15, 0.2) is 12.1 Å². The number of hydrogen-bond acceptors (Lipinski definition) is 5. The Morgan fingerprint density at radius 3 is 2.73 bits per heavy atom. The molecule has 0 spiro atoms. The smallest absolute Gasteiger partial charge is 0.237 e. The molecule has 0 saturated carbocycles. The number of ether oxygens (including phenoxy) is 2. The third-order valence-electron chi connectivity index (χ3n) is 4.14. The SMILES string of the molecule is CCOc1cc(CN2CCNC(=O)C2CC(=O)NC)cc(Cl)c1OCC. The third kappa shape index (κ3) is 5.02. The maximum Gasteiger partial charge on any atom is 0.237 e. The van der Waals surface area contributed by atoms with E-state index < -0.39 is 6.04 Å². The Morgan fingerprint density at radius 1 is 1.35 bits per heavy atom. The molecule has 1 aliphatic heterocycles. The minimum absolute atomic E-state index is 0.116. The minimum Gasteiger partial charge on any atom is -0.490 e. The molecular formula is C18H26ClN3O4. The standard InChI is InChI=1S/C18H26ClN3O4/c1-4-25-15-9-12(8-13(19)17(15)26-5-2)11-22-7-6-21-18(24)14(22)10-16(23)20-3/h8-9,14H,4-7,10-11H2,1-3H3,(H,20,23)(H,21,24). The highest BCUT2D eigenvalue weighted by Gasteiger charge is 2.31. The molecule has 1 saturated heterocycles. The van der Waals surface area contributed by atoms with Crippen LogP contribution in [0.1, 0.15) is 25.8 Å². The lowest BCUT2D eigenvalue weighted by molar-refractivity contribution is -0.134. The Kier molecular flexibility index (Phi) is 7.53. The van der Waals surface area contributed by atoms with E-state index in [0.717, 1.165) is 5.56 Å². The maximum absolute atomic E-state index is 12.2. The zero-order chi connectivity index (χ0) is 19.1. The van der Waals surface area contributed by atoms with E-state index in [9.17, 15) is 9.59 Å². The fourth-order valence-electron chi connectivity index (χ4n) is 2.95. The van der Waals surface area contributed by atoms with E-state index >= 15 is 0 Å². The van der Waals surface area contributed by atoms with Gasteiger partial charge >= 0.3 is 0 Å². The molecule has 144 valence electrons. The van der Waals surface area contributed by atoms with E-state index in [1.165, 1.54) is 0 Å². The maximum atomic E-state index is 12.2. The van der Waals surface area contributed by atoms with Crippen molar-refractivity contribution in [2.24, 2.45) is 0 Å². The molecule has 1 fully saturated rings. The Hall–Kier alpha value is -1.99. The van der Waals surface area contributed by atoms with Crippen molar-refractivity contribution in [3.63, 3.8) is 0 Å². The molecule has 7 nitrogen and oxygen atoms in total. The second-order valence-corrected chi connectivity index (χ2v) is 6.33. The molecule has 2 rings (SSSR count). The molecular weight excluding hydrogens is 358 g/mol. The van der Waals surface area contributed by atoms with Crippen LogP contribution in [0.5, 0.6) is 11.5 Å². The number of hydrogen-bond donors (Lipinski definition) is 2. The van der Waals surface area contributed by atoms with Crippen LogP contribution in [0.4, 0.5) is 0 Å². The summed E-state index contributed by atoms with van der Waals surface area (Å²) in [7, 11) is 1.56. The number of piperazine rings is 1. The van der Waals surface area contributed by atoms with Gasteiger partial charge in [-0.15, -0.1) is 0 Å². The number of carbonyl (C=O) groups excluding carboxylic acids is 2. The van der Waals surface area contributed by atoms with Crippen molar-refractivity contribution in [3.8, 4) is 11.5 Å². The Labute approximate surface area is 159 Å². The van der Waals surface area contributed by atoms with Crippen molar-refractivity contribution in [1.29, 1.82) is 0 Å². The molecule has 1 aromatic rings. The number of halogens is 1. The number of rotatable bonds is 8. The van der Waals surface area contributed by atoms with Crippen molar-refractivity contribution in [2.75, 3.05) is 33.4 Å². The molecule has 2 amide bonds. The zero-order valence-corrected chi connectivity index (χ0v) is 16.2. The van der Waals surface area contributed by atoms with Gasteiger partial charge in [0.25, 0.3) is 0 Å². The summed E-state index contributed by atoms with van der Waals surface area (Å²) in [6.07, 6.45) is 0.116. The predicted molar refractivity (Wildman–Crippen MR) is 99.7 cm³/mol. The van der Waals surface area contributed by atoms with E-state index in [-0.39, 0.29) is 18.2 Å². The fourth-order valence-corrected chi connectivity index (χ4v) is 3.23. The Bertz CT molecular complexity index is 654. The summed E-state index contributed by atoms with van der Waals surface area (Å²) < 4.78 is 11.2. The molecule has 0 aliphatic carbocycles.